The van der Waals surface area contributed by atoms with Gasteiger partial charge in [0.05, 0.1) is 12.7 Å². The van der Waals surface area contributed by atoms with Crippen molar-refractivity contribution in [1.82, 2.24) is 9.56 Å². The van der Waals surface area contributed by atoms with E-state index in [2.05, 4.69) is 4.98 Å². The Hall–Kier alpha value is -2.40. The van der Waals surface area contributed by atoms with Crippen LogP contribution in [-0.4, -0.2) is 24.2 Å². The lowest BCUT2D eigenvalue weighted by Crippen LogP contribution is -2.21. The molecule has 1 aromatic carbocycles. The van der Waals surface area contributed by atoms with Gasteiger partial charge < -0.3 is 15.3 Å². The molecule has 5 nitrogen and oxygen atoms in total. The number of fused-ring (bicyclic) bond motifs is 2. The number of aromatic nitrogens is 1. The van der Waals surface area contributed by atoms with E-state index in [9.17, 15) is 5.11 Å². The summed E-state index contributed by atoms with van der Waals surface area (Å²) >= 11 is 0. The van der Waals surface area contributed by atoms with Gasteiger partial charge in [-0.15, -0.1) is 0 Å². The largest absolute Gasteiger partial charge is 0.452 e. The van der Waals surface area contributed by atoms with Crippen LogP contribution in [0.3, 0.4) is 0 Å². The first-order valence-corrected chi connectivity index (χ1v) is 6.32. The number of benzene rings is 2. The topological polar surface area (TPSA) is 75.3 Å². The molecule has 20 heavy (non-hydrogen) atoms. The number of hydrogen-bond donors (Lipinski definition) is 2. The van der Waals surface area contributed by atoms with Crippen LogP contribution in [0.15, 0.2) is 34.7 Å². The molecule has 3 N–H and O–H groups in total. The minimum atomic E-state index is -0.110. The predicted molar refractivity (Wildman–Crippen MR) is 78.1 cm³/mol. The quantitative estimate of drug-likeness (QED) is 0.393. The van der Waals surface area contributed by atoms with Crippen molar-refractivity contribution in [3.63, 3.8) is 0 Å². The zero-order valence-corrected chi connectivity index (χ0v) is 11.4. The van der Waals surface area contributed by atoms with Crippen molar-refractivity contribution in [1.29, 1.82) is 0 Å². The molecule has 1 heterocycles. The molecule has 1 aliphatic heterocycles. The van der Waals surface area contributed by atoms with Gasteiger partial charge in [0.2, 0.25) is 5.36 Å². The highest BCUT2D eigenvalue weighted by molar-refractivity contribution is 5.81. The number of nitrogens with two attached hydrogens (primary N) is 1. The first-order chi connectivity index (χ1) is 9.58. The molecular weight excluding hydrogens is 254 g/mol. The number of hydrogen-bond acceptors (Lipinski definition) is 4. The molecule has 0 saturated heterocycles. The number of nitrogen functional groups attached to an aromatic ring is 1. The van der Waals surface area contributed by atoms with E-state index in [1.54, 1.807) is 12.1 Å². The third-order valence-corrected chi connectivity index (χ3v) is 3.31. The summed E-state index contributed by atoms with van der Waals surface area (Å²) in [5.74, 6) is 0.708. The van der Waals surface area contributed by atoms with E-state index < -0.39 is 0 Å². The van der Waals surface area contributed by atoms with Crippen LogP contribution in [0.4, 0.5) is 5.69 Å². The second-order valence-corrected chi connectivity index (χ2v) is 4.94. The SMILES string of the molecule is C[N+](C)=c1ccc2nc3cc(CO)c(N)cc3oc-2c1. The summed E-state index contributed by atoms with van der Waals surface area (Å²) < 4.78 is 7.87. The highest BCUT2D eigenvalue weighted by atomic mass is 16.3. The minimum absolute atomic E-state index is 0.110. The Morgan fingerprint density at radius 2 is 2.05 bits per heavy atom. The molecule has 1 aliphatic carbocycles. The molecule has 102 valence electrons. The molecule has 0 aromatic heterocycles. The van der Waals surface area contributed by atoms with Crippen LogP contribution in [0.1, 0.15) is 5.56 Å². The highest BCUT2D eigenvalue weighted by Crippen LogP contribution is 2.26. The average Bonchev–Trinajstić information content (AvgIpc) is 2.43. The molecule has 1 aromatic rings. The second kappa shape index (κ2) is 4.61. The Morgan fingerprint density at radius 1 is 1.25 bits per heavy atom. The lowest BCUT2D eigenvalue weighted by atomic mass is 10.1. The molecule has 0 fully saturated rings. The maximum Gasteiger partial charge on any atom is 0.203 e. The standard InChI is InChI=1S/C15H15N3O2/c1-18(2)10-3-4-12-14(6-10)20-15-7-11(16)9(8-19)5-13(15)17-12/h3-7,16,19H,8H2,1-2H3/p+1. The fourth-order valence-electron chi connectivity index (χ4n) is 2.14. The van der Waals surface area contributed by atoms with Gasteiger partial charge in [0.25, 0.3) is 0 Å². The maximum atomic E-state index is 9.24. The van der Waals surface area contributed by atoms with Crippen LogP contribution < -0.4 is 15.7 Å². The minimum Gasteiger partial charge on any atom is -0.452 e. The molecule has 0 atom stereocenters. The summed E-state index contributed by atoms with van der Waals surface area (Å²) in [6, 6.07) is 9.31. The van der Waals surface area contributed by atoms with Crippen LogP contribution in [0.2, 0.25) is 0 Å². The van der Waals surface area contributed by atoms with E-state index in [1.165, 1.54) is 0 Å². The fourth-order valence-corrected chi connectivity index (χ4v) is 2.14. The van der Waals surface area contributed by atoms with Gasteiger partial charge in [0, 0.05) is 23.4 Å². The van der Waals surface area contributed by atoms with E-state index in [1.807, 2.05) is 36.9 Å². The molecular formula is C15H16N3O2+. The zero-order valence-electron chi connectivity index (χ0n) is 11.4. The average molecular weight is 270 g/mol. The second-order valence-electron chi connectivity index (χ2n) is 4.94. The lowest BCUT2D eigenvalue weighted by Gasteiger charge is -2.08. The van der Waals surface area contributed by atoms with Gasteiger partial charge >= 0.3 is 0 Å². The van der Waals surface area contributed by atoms with Gasteiger partial charge in [-0.05, 0) is 12.1 Å². The summed E-state index contributed by atoms with van der Waals surface area (Å²) in [5, 5.41) is 10.3. The van der Waals surface area contributed by atoms with Crippen LogP contribution in [0.5, 0.6) is 0 Å². The molecule has 3 rings (SSSR count). The summed E-state index contributed by atoms with van der Waals surface area (Å²) in [6.07, 6.45) is 0. The van der Waals surface area contributed by atoms with Gasteiger partial charge in [0.1, 0.15) is 25.3 Å². The van der Waals surface area contributed by atoms with Gasteiger partial charge in [-0.3, -0.25) is 0 Å². The Morgan fingerprint density at radius 3 is 2.75 bits per heavy atom. The third-order valence-electron chi connectivity index (χ3n) is 3.31. The number of aliphatic hydroxyl groups is 1. The summed E-state index contributed by atoms with van der Waals surface area (Å²) in [5.41, 5.74) is 9.11. The van der Waals surface area contributed by atoms with Gasteiger partial charge in [0.15, 0.2) is 11.3 Å². The van der Waals surface area contributed by atoms with Crippen molar-refractivity contribution in [2.24, 2.45) is 0 Å². The van der Waals surface area contributed by atoms with Crippen molar-refractivity contribution in [2.75, 3.05) is 19.8 Å². The van der Waals surface area contributed by atoms with Crippen molar-refractivity contribution in [3.8, 4) is 11.5 Å². The van der Waals surface area contributed by atoms with E-state index in [-0.39, 0.29) is 6.61 Å². The monoisotopic (exact) mass is 270 g/mol. The van der Waals surface area contributed by atoms with E-state index in [4.69, 9.17) is 10.2 Å². The number of aliphatic hydroxyl groups excluding tert-OH is 1. The molecule has 2 aliphatic rings. The fraction of sp³-hybridized carbons (Fsp3) is 0.200. The zero-order chi connectivity index (χ0) is 14.3. The third kappa shape index (κ3) is 2.02. The molecule has 0 bridgehead atoms. The van der Waals surface area contributed by atoms with Crippen molar-refractivity contribution in [2.45, 2.75) is 6.61 Å². The Labute approximate surface area is 116 Å². The van der Waals surface area contributed by atoms with Crippen molar-refractivity contribution < 1.29 is 9.52 Å². The van der Waals surface area contributed by atoms with Gasteiger partial charge in [-0.25, -0.2) is 9.56 Å². The Bertz CT molecular complexity index is 832. The van der Waals surface area contributed by atoms with Crippen molar-refractivity contribution >= 4 is 16.8 Å². The van der Waals surface area contributed by atoms with Gasteiger partial charge in [-0.2, -0.15) is 0 Å². The molecule has 0 spiro atoms. The van der Waals surface area contributed by atoms with Crippen LogP contribution in [-0.2, 0) is 6.61 Å². The molecule has 0 amide bonds. The number of rotatable bonds is 1. The summed E-state index contributed by atoms with van der Waals surface area (Å²) in [7, 11) is 3.95. The molecule has 0 saturated carbocycles. The van der Waals surface area contributed by atoms with Crippen LogP contribution in [0.25, 0.3) is 22.6 Å². The smallest absolute Gasteiger partial charge is 0.203 e. The van der Waals surface area contributed by atoms with E-state index >= 15 is 0 Å². The summed E-state index contributed by atoms with van der Waals surface area (Å²) in [4.78, 5) is 4.55. The molecule has 0 unspecified atom stereocenters. The first kappa shape index (κ1) is 12.6. The molecule has 5 heteroatoms. The van der Waals surface area contributed by atoms with Crippen LogP contribution >= 0.6 is 0 Å². The lowest BCUT2D eigenvalue weighted by molar-refractivity contribution is 0.282. The maximum absolute atomic E-state index is 9.24. The van der Waals surface area contributed by atoms with E-state index in [0.717, 1.165) is 11.1 Å². The summed E-state index contributed by atoms with van der Waals surface area (Å²) in [6.45, 7) is -0.110. The Kier molecular flexibility index (Phi) is 2.91. The Balaban J connectivity index is 2.35. The first-order valence-electron chi connectivity index (χ1n) is 6.32. The highest BCUT2D eigenvalue weighted by Gasteiger charge is 2.12. The van der Waals surface area contributed by atoms with Crippen molar-refractivity contribution in [3.05, 3.63) is 41.3 Å². The van der Waals surface area contributed by atoms with E-state index in [0.29, 0.717) is 28.1 Å². The number of anilines is 1. The number of nitrogens with zero attached hydrogens (tertiary/aromatic N) is 2. The molecule has 0 radical (unpaired) electrons. The van der Waals surface area contributed by atoms with Gasteiger partial charge in [-0.1, -0.05) is 0 Å². The predicted octanol–water partition coefficient (Wildman–Crippen LogP) is 1.04. The van der Waals surface area contributed by atoms with Crippen LogP contribution in [0, 0.1) is 0 Å². The normalized spacial score (nSPS) is 11.2.